The first-order valence-corrected chi connectivity index (χ1v) is 6.46. The van der Waals surface area contributed by atoms with Gasteiger partial charge >= 0.3 is 0 Å². The van der Waals surface area contributed by atoms with E-state index >= 15 is 0 Å². The Bertz CT molecular complexity index is 798. The van der Waals surface area contributed by atoms with E-state index < -0.39 is 0 Å². The number of hydrogen-bond donors (Lipinski definition) is 1. The van der Waals surface area contributed by atoms with Gasteiger partial charge in [-0.15, -0.1) is 0 Å². The predicted octanol–water partition coefficient (Wildman–Crippen LogP) is 2.44. The maximum atomic E-state index is 13.0. The second-order valence-corrected chi connectivity index (χ2v) is 4.90. The molecule has 0 unspecified atom stereocenters. The topological polar surface area (TPSA) is 82.8 Å². The average molecular weight is 308 g/mol. The molecule has 2 N–H and O–H groups in total. The molecule has 0 radical (unpaired) electrons. The standard InChI is InChI=1S/C13H11ClFN5O/c1-20-12(16)9(6-17-20)13-18-11(19-21-13)4-7-2-3-8(15)5-10(7)14/h2-3,5-6H,4,16H2,1H3. The normalized spacial score (nSPS) is 11.0. The van der Waals surface area contributed by atoms with Gasteiger partial charge < -0.3 is 10.3 Å². The highest BCUT2D eigenvalue weighted by Gasteiger charge is 2.16. The molecule has 0 aliphatic carbocycles. The summed E-state index contributed by atoms with van der Waals surface area (Å²) in [5.41, 5.74) is 7.13. The van der Waals surface area contributed by atoms with Crippen molar-refractivity contribution in [3.63, 3.8) is 0 Å². The number of anilines is 1. The molecule has 2 aromatic heterocycles. The van der Waals surface area contributed by atoms with Crippen molar-refractivity contribution in [3.8, 4) is 11.5 Å². The van der Waals surface area contributed by atoms with Crippen LogP contribution >= 0.6 is 11.6 Å². The van der Waals surface area contributed by atoms with Crippen LogP contribution in [0.5, 0.6) is 0 Å². The molecule has 3 rings (SSSR count). The van der Waals surface area contributed by atoms with Crippen LogP contribution in [0, 0.1) is 5.82 Å². The Morgan fingerprint density at radius 3 is 2.90 bits per heavy atom. The molecule has 0 aliphatic heterocycles. The van der Waals surface area contributed by atoms with Gasteiger partial charge in [-0.3, -0.25) is 4.68 Å². The van der Waals surface area contributed by atoms with Crippen LogP contribution in [-0.2, 0) is 13.5 Å². The summed E-state index contributed by atoms with van der Waals surface area (Å²) >= 11 is 5.97. The first-order chi connectivity index (χ1) is 10.0. The third-order valence-corrected chi connectivity index (χ3v) is 3.40. The van der Waals surface area contributed by atoms with Crippen molar-refractivity contribution >= 4 is 17.4 Å². The number of nitrogens with two attached hydrogens (primary N) is 1. The van der Waals surface area contributed by atoms with Gasteiger partial charge in [-0.1, -0.05) is 22.8 Å². The van der Waals surface area contributed by atoms with Crippen molar-refractivity contribution in [3.05, 3.63) is 46.6 Å². The summed E-state index contributed by atoms with van der Waals surface area (Å²) in [7, 11) is 1.72. The molecule has 0 saturated heterocycles. The van der Waals surface area contributed by atoms with Gasteiger partial charge in [0.15, 0.2) is 5.82 Å². The van der Waals surface area contributed by atoms with Gasteiger partial charge in [0.1, 0.15) is 17.2 Å². The maximum Gasteiger partial charge on any atom is 0.263 e. The number of halogens is 2. The fraction of sp³-hybridized carbons (Fsp3) is 0.154. The third kappa shape index (κ3) is 2.59. The maximum absolute atomic E-state index is 13.0. The van der Waals surface area contributed by atoms with Crippen LogP contribution in [0.4, 0.5) is 10.2 Å². The summed E-state index contributed by atoms with van der Waals surface area (Å²) < 4.78 is 19.7. The van der Waals surface area contributed by atoms with Crippen LogP contribution < -0.4 is 5.73 Å². The highest BCUT2D eigenvalue weighted by Crippen LogP contribution is 2.24. The third-order valence-electron chi connectivity index (χ3n) is 3.05. The molecular weight excluding hydrogens is 297 g/mol. The predicted molar refractivity (Wildman–Crippen MR) is 75.1 cm³/mol. The lowest BCUT2D eigenvalue weighted by Gasteiger charge is -2.00. The summed E-state index contributed by atoms with van der Waals surface area (Å²) in [6.07, 6.45) is 1.89. The quantitative estimate of drug-likeness (QED) is 0.803. The zero-order valence-electron chi connectivity index (χ0n) is 11.0. The number of aryl methyl sites for hydroxylation is 1. The Balaban J connectivity index is 1.87. The van der Waals surface area contributed by atoms with E-state index in [9.17, 15) is 4.39 Å². The van der Waals surface area contributed by atoms with Crippen molar-refractivity contribution in [2.45, 2.75) is 6.42 Å². The van der Waals surface area contributed by atoms with Crippen molar-refractivity contribution < 1.29 is 8.91 Å². The smallest absolute Gasteiger partial charge is 0.263 e. The van der Waals surface area contributed by atoms with Crippen LogP contribution in [0.3, 0.4) is 0 Å². The Labute approximate surface area is 124 Å². The average Bonchev–Trinajstić information content (AvgIpc) is 3.02. The number of nitrogen functional groups attached to an aromatic ring is 1. The lowest BCUT2D eigenvalue weighted by Crippen LogP contribution is -1.98. The van der Waals surface area contributed by atoms with Crippen LogP contribution in [0.25, 0.3) is 11.5 Å². The molecule has 21 heavy (non-hydrogen) atoms. The molecule has 0 spiro atoms. The fourth-order valence-corrected chi connectivity index (χ4v) is 2.12. The molecule has 6 nitrogen and oxygen atoms in total. The van der Waals surface area contributed by atoms with Crippen molar-refractivity contribution in [1.82, 2.24) is 19.9 Å². The summed E-state index contributed by atoms with van der Waals surface area (Å²) in [5.74, 6) is 0.765. The lowest BCUT2D eigenvalue weighted by molar-refractivity contribution is 0.424. The summed E-state index contributed by atoms with van der Waals surface area (Å²) in [4.78, 5) is 4.25. The molecule has 0 atom stereocenters. The lowest BCUT2D eigenvalue weighted by atomic mass is 10.1. The molecule has 0 saturated carbocycles. The Morgan fingerprint density at radius 2 is 2.24 bits per heavy atom. The Hall–Kier alpha value is -2.41. The summed E-state index contributed by atoms with van der Waals surface area (Å²) in [6.45, 7) is 0. The van der Waals surface area contributed by atoms with E-state index in [0.717, 1.165) is 0 Å². The second kappa shape index (κ2) is 5.17. The van der Waals surface area contributed by atoms with Gasteiger partial charge in [-0.2, -0.15) is 10.1 Å². The van der Waals surface area contributed by atoms with E-state index in [1.165, 1.54) is 16.8 Å². The number of benzene rings is 1. The molecule has 0 aliphatic rings. The van der Waals surface area contributed by atoms with Gasteiger partial charge in [0, 0.05) is 18.5 Å². The van der Waals surface area contributed by atoms with Crippen molar-refractivity contribution in [2.75, 3.05) is 5.73 Å². The molecular formula is C13H11ClFN5O. The largest absolute Gasteiger partial charge is 0.383 e. The summed E-state index contributed by atoms with van der Waals surface area (Å²) in [5, 5.41) is 8.20. The SMILES string of the molecule is Cn1ncc(-c2nc(Cc3ccc(F)cc3Cl)no2)c1N. The highest BCUT2D eigenvalue weighted by molar-refractivity contribution is 6.31. The van der Waals surface area contributed by atoms with Crippen LogP contribution in [0.15, 0.2) is 28.9 Å². The highest BCUT2D eigenvalue weighted by atomic mass is 35.5. The van der Waals surface area contributed by atoms with Crippen LogP contribution in [0.1, 0.15) is 11.4 Å². The number of aromatic nitrogens is 4. The van der Waals surface area contributed by atoms with E-state index in [2.05, 4.69) is 15.2 Å². The monoisotopic (exact) mass is 307 g/mol. The van der Waals surface area contributed by atoms with Gasteiger partial charge in [0.05, 0.1) is 6.20 Å². The Morgan fingerprint density at radius 1 is 1.43 bits per heavy atom. The zero-order chi connectivity index (χ0) is 15.0. The van der Waals surface area contributed by atoms with E-state index in [4.69, 9.17) is 21.9 Å². The summed E-state index contributed by atoms with van der Waals surface area (Å²) in [6, 6.07) is 4.17. The van der Waals surface area contributed by atoms with E-state index in [0.29, 0.717) is 34.2 Å². The Kier molecular flexibility index (Phi) is 3.34. The van der Waals surface area contributed by atoms with E-state index in [-0.39, 0.29) is 11.7 Å². The van der Waals surface area contributed by atoms with Crippen LogP contribution in [0.2, 0.25) is 5.02 Å². The van der Waals surface area contributed by atoms with Crippen molar-refractivity contribution in [1.29, 1.82) is 0 Å². The zero-order valence-corrected chi connectivity index (χ0v) is 11.8. The minimum atomic E-state index is -0.388. The molecule has 0 amide bonds. The molecule has 1 aromatic carbocycles. The van der Waals surface area contributed by atoms with Gasteiger partial charge in [-0.05, 0) is 17.7 Å². The minimum absolute atomic E-state index is 0.286. The number of hydrogen-bond acceptors (Lipinski definition) is 5. The second-order valence-electron chi connectivity index (χ2n) is 4.50. The minimum Gasteiger partial charge on any atom is -0.383 e. The van der Waals surface area contributed by atoms with Gasteiger partial charge in [0.2, 0.25) is 0 Å². The molecule has 0 fully saturated rings. The molecule has 2 heterocycles. The van der Waals surface area contributed by atoms with Crippen molar-refractivity contribution in [2.24, 2.45) is 7.05 Å². The van der Waals surface area contributed by atoms with Gasteiger partial charge in [0.25, 0.3) is 5.89 Å². The van der Waals surface area contributed by atoms with Crippen LogP contribution in [-0.4, -0.2) is 19.9 Å². The molecule has 8 heteroatoms. The molecule has 108 valence electrons. The van der Waals surface area contributed by atoms with E-state index in [1.807, 2.05) is 0 Å². The first-order valence-electron chi connectivity index (χ1n) is 6.09. The van der Waals surface area contributed by atoms with Gasteiger partial charge in [-0.25, -0.2) is 4.39 Å². The molecule has 3 aromatic rings. The molecule has 0 bridgehead atoms. The number of rotatable bonds is 3. The fourth-order valence-electron chi connectivity index (χ4n) is 1.88. The van der Waals surface area contributed by atoms with E-state index in [1.54, 1.807) is 19.3 Å². The first kappa shape index (κ1) is 13.6. The number of nitrogens with zero attached hydrogens (tertiary/aromatic N) is 4.